The van der Waals surface area contributed by atoms with Gasteiger partial charge in [0.05, 0.1) is 43.4 Å². The first-order valence-electron chi connectivity index (χ1n) is 21.4. The molecule has 1 amide bonds. The van der Waals surface area contributed by atoms with E-state index in [-0.39, 0.29) is 72.8 Å². The van der Waals surface area contributed by atoms with Crippen molar-refractivity contribution in [3.8, 4) is 17.2 Å². The van der Waals surface area contributed by atoms with Crippen molar-refractivity contribution >= 4 is 38.6 Å². The van der Waals surface area contributed by atoms with E-state index in [9.17, 15) is 19.0 Å². The van der Waals surface area contributed by atoms with E-state index in [0.29, 0.717) is 25.7 Å². The van der Waals surface area contributed by atoms with Crippen molar-refractivity contribution < 1.29 is 46.2 Å². The average Bonchev–Trinajstić information content (AvgIpc) is 3.30. The van der Waals surface area contributed by atoms with Gasteiger partial charge in [0.15, 0.2) is 5.75 Å². The molecule has 59 heavy (non-hydrogen) atoms. The number of amides is 1. The van der Waals surface area contributed by atoms with E-state index in [4.69, 9.17) is 27.1 Å². The lowest BCUT2D eigenvalue weighted by Gasteiger charge is -2.24. The largest absolute Gasteiger partial charge is 0.530 e. The Morgan fingerprint density at radius 3 is 1.80 bits per heavy atom. The number of phosphoric ester groups is 2. The van der Waals surface area contributed by atoms with E-state index in [1.54, 1.807) is 18.2 Å². The van der Waals surface area contributed by atoms with Crippen LogP contribution in [0.25, 0.3) is 0 Å². The Balaban J connectivity index is 2.08. The summed E-state index contributed by atoms with van der Waals surface area (Å²) >= 11 is 0. The number of phenolic OH excluding ortho intramolecular Hbond substituents is 1. The molecule has 2 aromatic carbocycles. The number of unbranched alkanes of at least 4 members (excludes halogenated alkanes) is 4. The third kappa shape index (κ3) is 16.2. The maximum Gasteiger partial charge on any atom is 0.530 e. The van der Waals surface area contributed by atoms with Crippen LogP contribution in [0, 0.1) is 0 Å². The minimum Gasteiger partial charge on any atom is -0.506 e. The van der Waals surface area contributed by atoms with E-state index in [1.165, 1.54) is 33.8 Å². The highest BCUT2D eigenvalue weighted by Gasteiger charge is 2.36. The van der Waals surface area contributed by atoms with Gasteiger partial charge >= 0.3 is 15.6 Å². The number of allylic oxidation sites excluding steroid dienone is 5. The van der Waals surface area contributed by atoms with Crippen molar-refractivity contribution in [1.29, 1.82) is 0 Å². The fourth-order valence-corrected chi connectivity index (χ4v) is 8.33. The van der Waals surface area contributed by atoms with Crippen molar-refractivity contribution in [2.45, 2.75) is 139 Å². The first kappa shape index (κ1) is 50.0. The molecule has 12 nitrogen and oxygen atoms in total. The predicted octanol–water partition coefficient (Wildman–Crippen LogP) is 14.1. The summed E-state index contributed by atoms with van der Waals surface area (Å²) in [5, 5.41) is 14.9. The molecule has 2 aromatic rings. The van der Waals surface area contributed by atoms with Crippen molar-refractivity contribution in [2.24, 2.45) is 0 Å². The van der Waals surface area contributed by atoms with E-state index < -0.39 is 21.6 Å². The molecule has 1 aliphatic heterocycles. The molecule has 0 bridgehead atoms. The maximum absolute atomic E-state index is 14.7. The number of phosphoric acid groups is 2. The zero-order chi connectivity index (χ0) is 43.4. The van der Waals surface area contributed by atoms with Crippen molar-refractivity contribution in [3.05, 3.63) is 70.3 Å². The number of hydrogen-bond donors (Lipinski definition) is 2. The average molecular weight is 861 g/mol. The maximum atomic E-state index is 14.7. The number of aromatic hydroxyl groups is 1. The number of rotatable bonds is 28. The summed E-state index contributed by atoms with van der Waals surface area (Å²) in [6.45, 7) is 19.4. The van der Waals surface area contributed by atoms with Crippen LogP contribution < -0.4 is 19.3 Å². The van der Waals surface area contributed by atoms with E-state index >= 15 is 0 Å². The van der Waals surface area contributed by atoms with Crippen LogP contribution in [-0.4, -0.2) is 44.0 Å². The Bertz CT molecular complexity index is 1830. The van der Waals surface area contributed by atoms with Gasteiger partial charge in [0.2, 0.25) is 0 Å². The molecule has 1 aliphatic rings. The van der Waals surface area contributed by atoms with Crippen LogP contribution in [-0.2, 0) is 27.2 Å². The quantitative estimate of drug-likeness (QED) is 0.0365. The molecule has 2 N–H and O–H groups in total. The fourth-order valence-electron chi connectivity index (χ4n) is 5.80. The summed E-state index contributed by atoms with van der Waals surface area (Å²) in [4.78, 5) is 16.2. The van der Waals surface area contributed by atoms with Gasteiger partial charge in [0.1, 0.15) is 17.2 Å². The van der Waals surface area contributed by atoms with Crippen molar-refractivity contribution in [3.63, 3.8) is 0 Å². The molecule has 0 radical (unpaired) electrons. The fraction of sp³-hybridized carbons (Fsp3) is 0.578. The molecule has 0 saturated heterocycles. The molecule has 0 fully saturated rings. The van der Waals surface area contributed by atoms with E-state index in [2.05, 4.69) is 39.1 Å². The van der Waals surface area contributed by atoms with E-state index in [0.717, 1.165) is 56.9 Å². The minimum absolute atomic E-state index is 0.0116. The number of benzene rings is 2. The number of para-hydroxylation sites is 1. The molecule has 1 heterocycles. The first-order chi connectivity index (χ1) is 28.2. The summed E-state index contributed by atoms with van der Waals surface area (Å²) in [5.41, 5.74) is 5.95. The smallest absolute Gasteiger partial charge is 0.506 e. The molecule has 0 aliphatic carbocycles. The van der Waals surface area contributed by atoms with Crippen LogP contribution in [0.4, 0.5) is 17.1 Å². The summed E-state index contributed by atoms with van der Waals surface area (Å²) in [6.07, 6.45) is 13.8. The molecule has 0 saturated carbocycles. The Kier molecular flexibility index (Phi) is 21.5. The minimum atomic E-state index is -4.13. The second-order valence-corrected chi connectivity index (χ2v) is 18.5. The number of nitrogens with one attached hydrogen (secondary N) is 1. The molecular formula is C45H70N2O10P2. The Morgan fingerprint density at radius 2 is 1.25 bits per heavy atom. The van der Waals surface area contributed by atoms with Crippen LogP contribution in [0.2, 0.25) is 0 Å². The number of carbonyl (C=O) groups excluding carboxylic acids is 1. The number of nitrogens with zero attached hydrogens (tertiary/aromatic N) is 1. The van der Waals surface area contributed by atoms with Crippen LogP contribution in [0.5, 0.6) is 17.2 Å². The molecule has 0 unspecified atom stereocenters. The van der Waals surface area contributed by atoms with Crippen LogP contribution in [0.1, 0.15) is 150 Å². The first-order valence-corrected chi connectivity index (χ1v) is 24.3. The predicted molar refractivity (Wildman–Crippen MR) is 239 cm³/mol. The number of carbonyl (C=O) groups is 1. The van der Waals surface area contributed by atoms with Gasteiger partial charge in [0.25, 0.3) is 5.91 Å². The highest BCUT2D eigenvalue weighted by molar-refractivity contribution is 7.49. The second kappa shape index (κ2) is 25.4. The summed E-state index contributed by atoms with van der Waals surface area (Å²) in [5.74, 6) is -0.704. The molecule has 14 heteroatoms. The van der Waals surface area contributed by atoms with Gasteiger partial charge in [-0.25, -0.2) is 9.13 Å². The Labute approximate surface area is 354 Å². The highest BCUT2D eigenvalue weighted by Crippen LogP contribution is 2.55. The number of fused-ring (bicyclic) bond motifs is 2. The summed E-state index contributed by atoms with van der Waals surface area (Å²) in [6, 6.07) is 7.65. The summed E-state index contributed by atoms with van der Waals surface area (Å²) < 4.78 is 62.7. The van der Waals surface area contributed by atoms with Crippen LogP contribution in [0.15, 0.2) is 64.8 Å². The molecule has 0 atom stereocenters. The van der Waals surface area contributed by atoms with Gasteiger partial charge in [-0.3, -0.25) is 22.9 Å². The van der Waals surface area contributed by atoms with Crippen molar-refractivity contribution in [2.75, 3.05) is 43.2 Å². The summed E-state index contributed by atoms with van der Waals surface area (Å²) in [7, 11) is -8.25. The normalized spacial score (nSPS) is 13.4. The number of hydrogen-bond acceptors (Lipinski definition) is 11. The van der Waals surface area contributed by atoms with Gasteiger partial charge in [-0.1, -0.05) is 93.9 Å². The van der Waals surface area contributed by atoms with Gasteiger partial charge < -0.3 is 24.4 Å². The molecule has 330 valence electrons. The zero-order valence-corrected chi connectivity index (χ0v) is 38.8. The zero-order valence-electron chi connectivity index (χ0n) is 37.0. The second-order valence-electron chi connectivity index (χ2n) is 15.3. The van der Waals surface area contributed by atoms with Gasteiger partial charge in [-0.15, -0.1) is 0 Å². The monoisotopic (exact) mass is 860 g/mol. The lowest BCUT2D eigenvalue weighted by molar-refractivity contribution is 0.0990. The third-order valence-corrected chi connectivity index (χ3v) is 12.8. The van der Waals surface area contributed by atoms with E-state index in [1.807, 2.05) is 40.7 Å². The molecule has 0 aromatic heterocycles. The molecule has 0 spiro atoms. The van der Waals surface area contributed by atoms with Gasteiger partial charge in [-0.2, -0.15) is 0 Å². The Hall–Kier alpha value is -3.37. The standard InChI is InChI=1S/C45H70N2O10P2/c1-10-14-28-52-58(50,53-29-15-11-2)56-38-32-40-44(41(48)33-38)46-43-39(22-19-23-42(43)57-59(51,54-30-16-12-3)55-31-17-13-4)45(49)47(40)27-26-36(8)21-18-20-35(7)24-25-37(9)34(5)6/h19-20,22-23,26,32-33,46,48H,10-18,21,24-25,27-31H2,1-9H3/b35-20+,36-26+. The lowest BCUT2D eigenvalue weighted by Crippen LogP contribution is -2.30. The Morgan fingerprint density at radius 1 is 0.712 bits per heavy atom. The van der Waals surface area contributed by atoms with Crippen molar-refractivity contribution in [1.82, 2.24) is 0 Å². The highest BCUT2D eigenvalue weighted by atomic mass is 31.2. The van der Waals surface area contributed by atoms with Gasteiger partial charge in [-0.05, 0) is 98.1 Å². The van der Waals surface area contributed by atoms with Crippen LogP contribution in [0.3, 0.4) is 0 Å². The van der Waals surface area contributed by atoms with Gasteiger partial charge in [0, 0.05) is 18.7 Å². The van der Waals surface area contributed by atoms with Crippen LogP contribution >= 0.6 is 15.6 Å². The number of phenols is 1. The molecule has 3 rings (SSSR count). The topological polar surface area (TPSA) is 142 Å². The third-order valence-electron chi connectivity index (χ3n) is 9.93. The molecular weight excluding hydrogens is 790 g/mol. The lowest BCUT2D eigenvalue weighted by atomic mass is 10.0. The SMILES string of the molecule is CCCCOP(=O)(OCCCC)Oc1cc(O)c2c(c1)N(C/C=C(\C)CC/C=C(\C)CCC(C)=C(C)C)C(=O)c1cccc(OP(=O)(OCCCC)OCCCC)c1N2. The number of anilines is 3.